The number of nitrogens with one attached hydrogen (secondary N) is 1. The van der Waals surface area contributed by atoms with Crippen molar-refractivity contribution < 1.29 is 19.1 Å². The molecule has 0 aliphatic rings. The van der Waals surface area contributed by atoms with Crippen LogP contribution in [0.15, 0.2) is 60.0 Å². The summed E-state index contributed by atoms with van der Waals surface area (Å²) < 4.78 is 10.8. The van der Waals surface area contributed by atoms with E-state index < -0.39 is 0 Å². The Hall–Kier alpha value is -3.52. The first-order valence-corrected chi connectivity index (χ1v) is 13.9. The smallest absolute Gasteiger partial charge is 0.322 e. The quantitative estimate of drug-likeness (QED) is 0.281. The van der Waals surface area contributed by atoms with E-state index >= 15 is 0 Å². The molecule has 1 aromatic heterocycles. The highest BCUT2D eigenvalue weighted by molar-refractivity contribution is 7.09. The molecule has 3 rings (SSSR count). The van der Waals surface area contributed by atoms with E-state index in [1.165, 1.54) is 0 Å². The van der Waals surface area contributed by atoms with Crippen LogP contribution in [-0.2, 0) is 24.2 Å². The molecule has 0 bridgehead atoms. The Balaban J connectivity index is 1.76. The molecule has 3 amide bonds. The zero-order chi connectivity index (χ0) is 27.5. The maximum absolute atomic E-state index is 13.7. The predicted octanol–water partition coefficient (Wildman–Crippen LogP) is 6.23. The highest BCUT2D eigenvalue weighted by Gasteiger charge is 2.25. The molecule has 0 radical (unpaired) electrons. The zero-order valence-electron chi connectivity index (χ0n) is 23.0. The summed E-state index contributed by atoms with van der Waals surface area (Å²) in [6.07, 6.45) is 2.28. The van der Waals surface area contributed by atoms with E-state index in [0.717, 1.165) is 34.5 Å². The lowest BCUT2D eigenvalue weighted by Crippen LogP contribution is -2.48. The van der Waals surface area contributed by atoms with Crippen molar-refractivity contribution in [3.8, 4) is 11.5 Å². The molecule has 7 nitrogen and oxygen atoms in total. The molecule has 1 unspecified atom stereocenters. The molecule has 0 saturated carbocycles. The van der Waals surface area contributed by atoms with Crippen LogP contribution in [0.25, 0.3) is 0 Å². The number of thiophene rings is 1. The van der Waals surface area contributed by atoms with Crippen LogP contribution >= 0.6 is 11.3 Å². The van der Waals surface area contributed by atoms with E-state index in [9.17, 15) is 9.59 Å². The second-order valence-electron chi connectivity index (χ2n) is 9.20. The number of urea groups is 1. The Bertz CT molecular complexity index is 1180. The van der Waals surface area contributed by atoms with Crippen molar-refractivity contribution in [3.63, 3.8) is 0 Å². The van der Waals surface area contributed by atoms with Gasteiger partial charge in [-0.15, -0.1) is 11.3 Å². The number of hydrogen-bond donors (Lipinski definition) is 1. The number of rotatable bonds is 13. The van der Waals surface area contributed by atoms with Crippen LogP contribution in [0.2, 0.25) is 0 Å². The molecule has 1 heterocycles. The maximum Gasteiger partial charge on any atom is 0.322 e. The summed E-state index contributed by atoms with van der Waals surface area (Å²) in [7, 11) is 3.22. The number of amides is 3. The Morgan fingerprint density at radius 3 is 2.42 bits per heavy atom. The average Bonchev–Trinajstić information content (AvgIpc) is 3.46. The summed E-state index contributed by atoms with van der Waals surface area (Å²) in [5.74, 6) is 1.24. The number of methoxy groups -OCH3 is 2. The zero-order valence-corrected chi connectivity index (χ0v) is 23.8. The Morgan fingerprint density at radius 1 is 0.974 bits per heavy atom. The van der Waals surface area contributed by atoms with Crippen molar-refractivity contribution in [1.29, 1.82) is 0 Å². The van der Waals surface area contributed by atoms with Gasteiger partial charge in [-0.05, 0) is 73.0 Å². The fraction of sp³-hybridized carbons (Fsp3) is 0.400. The first-order valence-electron chi connectivity index (χ1n) is 13.1. The SMILES string of the molecule is CCc1cccc(NC(=O)N(CC(=O)N(CCc2ccc(OC)c(OC)c2)Cc2cccs2)C(C)CC)c1. The Labute approximate surface area is 230 Å². The molecule has 38 heavy (non-hydrogen) atoms. The minimum atomic E-state index is -0.267. The van der Waals surface area contributed by atoms with Gasteiger partial charge in [0.1, 0.15) is 6.54 Å². The number of carbonyl (C=O) groups is 2. The summed E-state index contributed by atoms with van der Waals surface area (Å²) in [6, 6.07) is 17.3. The van der Waals surface area contributed by atoms with Gasteiger partial charge in [-0.1, -0.05) is 38.1 Å². The van der Waals surface area contributed by atoms with Crippen LogP contribution < -0.4 is 14.8 Å². The topological polar surface area (TPSA) is 71.1 Å². The highest BCUT2D eigenvalue weighted by Crippen LogP contribution is 2.28. The van der Waals surface area contributed by atoms with Gasteiger partial charge in [0, 0.05) is 23.2 Å². The van der Waals surface area contributed by atoms with Crippen LogP contribution in [0.5, 0.6) is 11.5 Å². The summed E-state index contributed by atoms with van der Waals surface area (Å²) in [5, 5.41) is 5.01. The molecule has 0 aliphatic carbocycles. The molecule has 1 atom stereocenters. The largest absolute Gasteiger partial charge is 0.493 e. The van der Waals surface area contributed by atoms with Gasteiger partial charge in [0.05, 0.1) is 20.8 Å². The minimum Gasteiger partial charge on any atom is -0.493 e. The molecule has 204 valence electrons. The Morgan fingerprint density at radius 2 is 1.76 bits per heavy atom. The first kappa shape index (κ1) is 29.0. The van der Waals surface area contributed by atoms with Gasteiger partial charge in [0.2, 0.25) is 5.91 Å². The summed E-state index contributed by atoms with van der Waals surface area (Å²) in [6.45, 7) is 7.09. The summed E-state index contributed by atoms with van der Waals surface area (Å²) in [4.78, 5) is 31.6. The number of carbonyl (C=O) groups excluding carboxylic acids is 2. The molecule has 2 aromatic carbocycles. The molecular weight excluding hydrogens is 498 g/mol. The fourth-order valence-corrected chi connectivity index (χ4v) is 4.86. The van der Waals surface area contributed by atoms with E-state index in [-0.39, 0.29) is 24.5 Å². The first-order chi connectivity index (χ1) is 18.4. The van der Waals surface area contributed by atoms with Crippen molar-refractivity contribution in [1.82, 2.24) is 9.80 Å². The van der Waals surface area contributed by atoms with Gasteiger partial charge in [-0.2, -0.15) is 0 Å². The molecule has 0 saturated heterocycles. The van der Waals surface area contributed by atoms with Gasteiger partial charge in [0.15, 0.2) is 11.5 Å². The molecular formula is C30H39N3O4S. The van der Waals surface area contributed by atoms with Crippen LogP contribution in [-0.4, -0.2) is 55.1 Å². The van der Waals surface area contributed by atoms with Gasteiger partial charge in [0.25, 0.3) is 0 Å². The third kappa shape index (κ3) is 7.99. The predicted molar refractivity (Wildman–Crippen MR) is 154 cm³/mol. The van der Waals surface area contributed by atoms with Crippen LogP contribution in [0.4, 0.5) is 10.5 Å². The van der Waals surface area contributed by atoms with Crippen molar-refractivity contribution in [3.05, 3.63) is 76.0 Å². The van der Waals surface area contributed by atoms with Gasteiger partial charge < -0.3 is 24.6 Å². The third-order valence-electron chi connectivity index (χ3n) is 6.67. The van der Waals surface area contributed by atoms with Crippen LogP contribution in [0, 0.1) is 0 Å². The number of anilines is 1. The van der Waals surface area contributed by atoms with Crippen molar-refractivity contribution in [2.45, 2.75) is 52.6 Å². The van der Waals surface area contributed by atoms with E-state index in [0.29, 0.717) is 31.0 Å². The van der Waals surface area contributed by atoms with E-state index in [4.69, 9.17) is 9.47 Å². The molecule has 3 aromatic rings. The number of nitrogens with zero attached hydrogens (tertiary/aromatic N) is 2. The molecule has 0 fully saturated rings. The van der Waals surface area contributed by atoms with Crippen LogP contribution in [0.3, 0.4) is 0 Å². The lowest BCUT2D eigenvalue weighted by molar-refractivity contribution is -0.132. The lowest BCUT2D eigenvalue weighted by atomic mass is 10.1. The lowest BCUT2D eigenvalue weighted by Gasteiger charge is -2.31. The van der Waals surface area contributed by atoms with E-state index in [2.05, 4.69) is 12.2 Å². The average molecular weight is 538 g/mol. The van der Waals surface area contributed by atoms with Crippen molar-refractivity contribution >= 4 is 29.0 Å². The number of aryl methyl sites for hydroxylation is 1. The normalized spacial score (nSPS) is 11.5. The molecule has 0 spiro atoms. The second-order valence-corrected chi connectivity index (χ2v) is 10.2. The van der Waals surface area contributed by atoms with Gasteiger partial charge in [-0.3, -0.25) is 4.79 Å². The highest BCUT2D eigenvalue weighted by atomic mass is 32.1. The second kappa shape index (κ2) is 14.4. The molecule has 1 N–H and O–H groups in total. The van der Waals surface area contributed by atoms with Crippen LogP contribution in [0.1, 0.15) is 43.2 Å². The monoisotopic (exact) mass is 537 g/mol. The van der Waals surface area contributed by atoms with Gasteiger partial charge >= 0.3 is 6.03 Å². The standard InChI is InChI=1S/C30H39N3O4S/c1-6-22(3)33(30(35)31-25-11-8-10-23(7-2)18-25)21-29(34)32(20-26-12-9-17-38-26)16-15-24-13-14-27(36-4)28(19-24)37-5/h8-14,17-19,22H,6-7,15-16,20-21H2,1-5H3,(H,31,35). The van der Waals surface area contributed by atoms with Gasteiger partial charge in [-0.25, -0.2) is 4.79 Å². The number of hydrogen-bond acceptors (Lipinski definition) is 5. The van der Waals surface area contributed by atoms with E-state index in [1.807, 2.05) is 78.7 Å². The maximum atomic E-state index is 13.7. The number of ether oxygens (including phenoxy) is 2. The number of benzene rings is 2. The van der Waals surface area contributed by atoms with Crippen molar-refractivity contribution in [2.24, 2.45) is 0 Å². The molecule has 8 heteroatoms. The fourth-order valence-electron chi connectivity index (χ4n) is 4.14. The summed E-state index contributed by atoms with van der Waals surface area (Å²) in [5.41, 5.74) is 2.92. The van der Waals surface area contributed by atoms with Crippen molar-refractivity contribution in [2.75, 3.05) is 32.6 Å². The minimum absolute atomic E-state index is 0.00557. The summed E-state index contributed by atoms with van der Waals surface area (Å²) >= 11 is 1.62. The molecule has 0 aliphatic heterocycles. The Kier molecular flexibility index (Phi) is 11.0. The van der Waals surface area contributed by atoms with E-state index in [1.54, 1.807) is 30.5 Å². The third-order valence-corrected chi connectivity index (χ3v) is 7.53.